The van der Waals surface area contributed by atoms with Crippen LogP contribution >= 0.6 is 11.6 Å². The molecule has 0 aliphatic carbocycles. The lowest BCUT2D eigenvalue weighted by Gasteiger charge is -2.35. The van der Waals surface area contributed by atoms with Crippen molar-refractivity contribution < 1.29 is 9.53 Å². The van der Waals surface area contributed by atoms with E-state index < -0.39 is 0 Å². The minimum Gasteiger partial charge on any atom is -0.379 e. The van der Waals surface area contributed by atoms with E-state index in [0.717, 1.165) is 69.2 Å². The van der Waals surface area contributed by atoms with Crippen molar-refractivity contribution in [2.75, 3.05) is 45.9 Å². The van der Waals surface area contributed by atoms with Crippen LogP contribution in [0.4, 0.5) is 0 Å². The van der Waals surface area contributed by atoms with E-state index in [2.05, 4.69) is 11.0 Å². The lowest BCUT2D eigenvalue weighted by molar-refractivity contribution is -0.134. The van der Waals surface area contributed by atoms with Gasteiger partial charge in [0.2, 0.25) is 5.91 Å². The number of carbonyl (C=O) groups excluding carboxylic acids is 1. The molecule has 2 saturated heterocycles. The number of hydrogen-bond acceptors (Lipinski definition) is 4. The van der Waals surface area contributed by atoms with Gasteiger partial charge in [0, 0.05) is 48.4 Å². The molecule has 148 valence electrons. The number of hydrogen-bond donors (Lipinski definition) is 0. The van der Waals surface area contributed by atoms with Crippen molar-refractivity contribution in [2.24, 2.45) is 0 Å². The molecule has 5 nitrogen and oxygen atoms in total. The van der Waals surface area contributed by atoms with Crippen molar-refractivity contribution in [3.8, 4) is 11.3 Å². The zero-order chi connectivity index (χ0) is 19.3. The van der Waals surface area contributed by atoms with Crippen molar-refractivity contribution in [2.45, 2.75) is 18.8 Å². The van der Waals surface area contributed by atoms with Crippen LogP contribution in [0, 0.1) is 0 Å². The maximum absolute atomic E-state index is 12.8. The number of pyridine rings is 1. The molecule has 0 radical (unpaired) electrons. The first-order chi connectivity index (χ1) is 13.7. The minimum atomic E-state index is 0.220. The quantitative estimate of drug-likeness (QED) is 0.790. The summed E-state index contributed by atoms with van der Waals surface area (Å²) in [6.45, 7) is 5.19. The van der Waals surface area contributed by atoms with Crippen LogP contribution in [0.3, 0.4) is 0 Å². The molecule has 4 rings (SSSR count). The largest absolute Gasteiger partial charge is 0.379 e. The maximum Gasteiger partial charge on any atom is 0.236 e. The Hall–Kier alpha value is -1.95. The topological polar surface area (TPSA) is 45.7 Å². The SMILES string of the molecule is O=C(CN1CCOCC1)N1CCC[C@H](c2cccc(-c3cccc(Cl)c3)n2)C1. The number of morpholine rings is 1. The number of nitrogens with zero attached hydrogens (tertiary/aromatic N) is 3. The Labute approximate surface area is 171 Å². The highest BCUT2D eigenvalue weighted by molar-refractivity contribution is 6.30. The second-order valence-electron chi connectivity index (χ2n) is 7.53. The Bertz CT molecular complexity index is 823. The molecule has 1 aromatic heterocycles. The normalized spacial score (nSPS) is 20.9. The van der Waals surface area contributed by atoms with Crippen LogP contribution in [-0.4, -0.2) is 66.6 Å². The van der Waals surface area contributed by atoms with E-state index in [1.807, 2.05) is 41.3 Å². The van der Waals surface area contributed by atoms with Crippen LogP contribution in [0.1, 0.15) is 24.5 Å². The van der Waals surface area contributed by atoms with E-state index in [9.17, 15) is 4.79 Å². The number of benzene rings is 1. The van der Waals surface area contributed by atoms with E-state index in [0.29, 0.717) is 11.6 Å². The van der Waals surface area contributed by atoms with Crippen molar-refractivity contribution in [3.05, 3.63) is 53.2 Å². The molecular weight excluding hydrogens is 374 g/mol. The number of ether oxygens (including phenoxy) is 1. The standard InChI is InChI=1S/C22H26ClN3O2/c23-19-6-1-4-17(14-19)20-7-2-8-21(24-20)18-5-3-9-26(15-18)22(27)16-25-10-12-28-13-11-25/h1-2,4,6-8,14,18H,3,5,9-13,15-16H2/t18-/m0/s1. The molecule has 6 heteroatoms. The van der Waals surface area contributed by atoms with Crippen LogP contribution in [0.5, 0.6) is 0 Å². The fraction of sp³-hybridized carbons (Fsp3) is 0.455. The molecule has 0 saturated carbocycles. The van der Waals surface area contributed by atoms with E-state index in [1.165, 1.54) is 0 Å². The molecule has 0 N–H and O–H groups in total. The average molecular weight is 400 g/mol. The first-order valence-corrected chi connectivity index (χ1v) is 10.4. The third-order valence-corrected chi connectivity index (χ3v) is 5.78. The van der Waals surface area contributed by atoms with Crippen molar-refractivity contribution in [1.29, 1.82) is 0 Å². The third-order valence-electron chi connectivity index (χ3n) is 5.55. The summed E-state index contributed by atoms with van der Waals surface area (Å²) in [5.74, 6) is 0.499. The fourth-order valence-corrected chi connectivity index (χ4v) is 4.17. The van der Waals surface area contributed by atoms with Gasteiger partial charge in [-0.1, -0.05) is 29.8 Å². The summed E-state index contributed by atoms with van der Waals surface area (Å²) in [5.41, 5.74) is 3.00. The van der Waals surface area contributed by atoms with Gasteiger partial charge in [-0.25, -0.2) is 0 Å². The zero-order valence-electron chi connectivity index (χ0n) is 16.0. The minimum absolute atomic E-state index is 0.220. The van der Waals surface area contributed by atoms with Crippen LogP contribution in [0.2, 0.25) is 5.02 Å². The molecule has 0 bridgehead atoms. The van der Waals surface area contributed by atoms with E-state index in [-0.39, 0.29) is 11.8 Å². The zero-order valence-corrected chi connectivity index (χ0v) is 16.8. The van der Waals surface area contributed by atoms with Crippen molar-refractivity contribution >= 4 is 17.5 Å². The Balaban J connectivity index is 1.44. The molecule has 2 fully saturated rings. The Morgan fingerprint density at radius 2 is 1.96 bits per heavy atom. The lowest BCUT2D eigenvalue weighted by atomic mass is 9.93. The van der Waals surface area contributed by atoms with Gasteiger partial charge in [0.15, 0.2) is 0 Å². The molecule has 2 aliphatic heterocycles. The second-order valence-corrected chi connectivity index (χ2v) is 7.96. The van der Waals surface area contributed by atoms with Crippen molar-refractivity contribution in [3.63, 3.8) is 0 Å². The highest BCUT2D eigenvalue weighted by Gasteiger charge is 2.27. The van der Waals surface area contributed by atoms with Gasteiger partial charge in [-0.3, -0.25) is 14.7 Å². The molecule has 28 heavy (non-hydrogen) atoms. The third kappa shape index (κ3) is 4.72. The van der Waals surface area contributed by atoms with Crippen LogP contribution in [0.15, 0.2) is 42.5 Å². The van der Waals surface area contributed by atoms with Crippen LogP contribution < -0.4 is 0 Å². The predicted octanol–water partition coefficient (Wildman–Crippen LogP) is 3.44. The molecule has 1 atom stereocenters. The van der Waals surface area contributed by atoms with E-state index >= 15 is 0 Å². The van der Waals surface area contributed by atoms with E-state index in [4.69, 9.17) is 21.3 Å². The predicted molar refractivity (Wildman–Crippen MR) is 110 cm³/mol. The average Bonchev–Trinajstić information content (AvgIpc) is 2.75. The summed E-state index contributed by atoms with van der Waals surface area (Å²) in [4.78, 5) is 21.9. The van der Waals surface area contributed by atoms with Gasteiger partial charge in [-0.2, -0.15) is 0 Å². The molecule has 0 spiro atoms. The van der Waals surface area contributed by atoms with E-state index in [1.54, 1.807) is 0 Å². The highest BCUT2D eigenvalue weighted by Crippen LogP contribution is 2.28. The van der Waals surface area contributed by atoms with Gasteiger partial charge in [-0.05, 0) is 37.1 Å². The monoisotopic (exact) mass is 399 g/mol. The number of halogens is 1. The molecule has 2 aliphatic rings. The lowest BCUT2D eigenvalue weighted by Crippen LogP contribution is -2.47. The number of piperidine rings is 1. The summed E-state index contributed by atoms with van der Waals surface area (Å²) in [6, 6.07) is 13.9. The van der Waals surface area contributed by atoms with Gasteiger partial charge >= 0.3 is 0 Å². The number of aromatic nitrogens is 1. The Kier molecular flexibility index (Phi) is 6.25. The molecule has 1 aromatic carbocycles. The van der Waals surface area contributed by atoms with Gasteiger partial charge in [0.25, 0.3) is 0 Å². The highest BCUT2D eigenvalue weighted by atomic mass is 35.5. The molecular formula is C22H26ClN3O2. The van der Waals surface area contributed by atoms with Crippen LogP contribution in [0.25, 0.3) is 11.3 Å². The molecule has 1 amide bonds. The van der Waals surface area contributed by atoms with Gasteiger partial charge in [0.1, 0.15) is 0 Å². The first kappa shape index (κ1) is 19.4. The Morgan fingerprint density at radius 1 is 1.14 bits per heavy atom. The summed E-state index contributed by atoms with van der Waals surface area (Å²) in [7, 11) is 0. The molecule has 3 heterocycles. The maximum atomic E-state index is 12.8. The van der Waals surface area contributed by atoms with Gasteiger partial charge in [-0.15, -0.1) is 0 Å². The summed E-state index contributed by atoms with van der Waals surface area (Å²) < 4.78 is 5.37. The fourth-order valence-electron chi connectivity index (χ4n) is 3.98. The number of amides is 1. The second kappa shape index (κ2) is 9.03. The number of rotatable bonds is 4. The van der Waals surface area contributed by atoms with Crippen LogP contribution in [-0.2, 0) is 9.53 Å². The first-order valence-electron chi connectivity index (χ1n) is 10.00. The van der Waals surface area contributed by atoms with Gasteiger partial charge in [0.05, 0.1) is 25.5 Å². The Morgan fingerprint density at radius 3 is 2.79 bits per heavy atom. The van der Waals surface area contributed by atoms with Gasteiger partial charge < -0.3 is 9.64 Å². The summed E-state index contributed by atoms with van der Waals surface area (Å²) in [5, 5.41) is 0.710. The number of likely N-dealkylation sites (tertiary alicyclic amines) is 1. The molecule has 2 aromatic rings. The van der Waals surface area contributed by atoms with Crippen molar-refractivity contribution in [1.82, 2.24) is 14.8 Å². The summed E-state index contributed by atoms with van der Waals surface area (Å²) >= 11 is 6.13. The smallest absolute Gasteiger partial charge is 0.236 e. The summed E-state index contributed by atoms with van der Waals surface area (Å²) in [6.07, 6.45) is 2.08. The molecule has 0 unspecified atom stereocenters. The number of carbonyl (C=O) groups is 1.